The fraction of sp³-hybridized carbons (Fsp3) is 0.520. The topological polar surface area (TPSA) is 100 Å². The number of ether oxygens (including phenoxy) is 2. The number of rotatable bonds is 6. The van der Waals surface area contributed by atoms with Gasteiger partial charge >= 0.3 is 0 Å². The van der Waals surface area contributed by atoms with E-state index in [0.29, 0.717) is 18.2 Å². The van der Waals surface area contributed by atoms with Gasteiger partial charge in [-0.05, 0) is 51.3 Å². The normalized spacial score (nSPS) is 29.3. The van der Waals surface area contributed by atoms with Crippen LogP contribution in [0.25, 0.3) is 11.0 Å². The van der Waals surface area contributed by atoms with Crippen LogP contribution >= 0.6 is 0 Å². The van der Waals surface area contributed by atoms with Crippen LogP contribution in [0.15, 0.2) is 35.4 Å². The first-order chi connectivity index (χ1) is 16.2. The van der Waals surface area contributed by atoms with Crippen LogP contribution in [0.5, 0.6) is 5.88 Å². The van der Waals surface area contributed by atoms with E-state index in [1.165, 1.54) is 0 Å². The Morgan fingerprint density at radius 3 is 2.76 bits per heavy atom. The van der Waals surface area contributed by atoms with E-state index in [1.54, 1.807) is 29.0 Å². The second-order valence-corrected chi connectivity index (χ2v) is 10.7. The van der Waals surface area contributed by atoms with Gasteiger partial charge in [0.1, 0.15) is 11.3 Å². The van der Waals surface area contributed by atoms with Crippen molar-refractivity contribution in [3.8, 4) is 5.88 Å². The Balaban J connectivity index is 1.35. The van der Waals surface area contributed by atoms with Gasteiger partial charge in [-0.15, -0.1) is 0 Å². The Bertz CT molecular complexity index is 1370. The zero-order valence-electron chi connectivity index (χ0n) is 19.9. The lowest BCUT2D eigenvalue weighted by Crippen LogP contribution is -2.49. The SMILES string of the molecule is CC(C)Oc1nc2nn(C34COC(C)(C3)C4)cc2cc1C(=O)Nc1cccn([C@H]2C[C@H]2C)c1=O. The molecule has 0 aromatic carbocycles. The third-order valence-electron chi connectivity index (χ3n) is 7.28. The fourth-order valence-corrected chi connectivity index (χ4v) is 5.49. The largest absolute Gasteiger partial charge is 0.474 e. The summed E-state index contributed by atoms with van der Waals surface area (Å²) < 4.78 is 15.4. The maximum Gasteiger partial charge on any atom is 0.274 e. The minimum absolute atomic E-state index is 0.0661. The molecule has 2 atom stereocenters. The summed E-state index contributed by atoms with van der Waals surface area (Å²) >= 11 is 0. The summed E-state index contributed by atoms with van der Waals surface area (Å²) in [5, 5.41) is 8.24. The number of anilines is 1. The highest BCUT2D eigenvalue weighted by Gasteiger charge is 2.61. The molecule has 7 rings (SSSR count). The predicted molar refractivity (Wildman–Crippen MR) is 126 cm³/mol. The summed E-state index contributed by atoms with van der Waals surface area (Å²) in [6, 6.07) is 5.35. The number of nitrogens with zero attached hydrogens (tertiary/aromatic N) is 4. The van der Waals surface area contributed by atoms with Crippen molar-refractivity contribution >= 4 is 22.6 Å². The average molecular weight is 464 g/mol. The van der Waals surface area contributed by atoms with Crippen LogP contribution in [0.1, 0.15) is 63.4 Å². The summed E-state index contributed by atoms with van der Waals surface area (Å²) in [7, 11) is 0. The molecular formula is C25H29N5O4. The Morgan fingerprint density at radius 2 is 2.12 bits per heavy atom. The molecular weight excluding hydrogens is 434 g/mol. The third-order valence-corrected chi connectivity index (χ3v) is 7.28. The van der Waals surface area contributed by atoms with Crippen molar-refractivity contribution in [2.24, 2.45) is 5.92 Å². The summed E-state index contributed by atoms with van der Waals surface area (Å²) in [6.07, 6.45) is 6.32. The number of aromatic nitrogens is 4. The van der Waals surface area contributed by atoms with Crippen LogP contribution in [0.4, 0.5) is 5.69 Å². The van der Waals surface area contributed by atoms with Gasteiger partial charge in [-0.2, -0.15) is 10.1 Å². The number of pyridine rings is 2. The molecule has 5 heterocycles. The summed E-state index contributed by atoms with van der Waals surface area (Å²) in [5.41, 5.74) is 0.622. The monoisotopic (exact) mass is 463 g/mol. The maximum absolute atomic E-state index is 13.3. The lowest BCUT2D eigenvalue weighted by molar-refractivity contribution is 0.00381. The van der Waals surface area contributed by atoms with Crippen LogP contribution in [-0.4, -0.2) is 43.6 Å². The van der Waals surface area contributed by atoms with Gasteiger partial charge in [-0.1, -0.05) is 6.92 Å². The zero-order chi connectivity index (χ0) is 23.8. The van der Waals surface area contributed by atoms with Gasteiger partial charge in [-0.25, -0.2) is 0 Å². The molecule has 0 unspecified atom stereocenters. The highest BCUT2D eigenvalue weighted by Crippen LogP contribution is 2.55. The Kier molecular flexibility index (Phi) is 4.49. The van der Waals surface area contributed by atoms with Gasteiger partial charge in [0.2, 0.25) is 5.88 Å². The molecule has 0 radical (unpaired) electrons. The fourth-order valence-electron chi connectivity index (χ4n) is 5.49. The molecule has 2 saturated heterocycles. The van der Waals surface area contributed by atoms with Crippen LogP contribution < -0.4 is 15.6 Å². The van der Waals surface area contributed by atoms with E-state index in [-0.39, 0.29) is 46.0 Å². The van der Waals surface area contributed by atoms with Gasteiger partial charge in [0.25, 0.3) is 11.5 Å². The third kappa shape index (κ3) is 3.33. The molecule has 2 aliphatic heterocycles. The first-order valence-electron chi connectivity index (χ1n) is 11.9. The molecule has 0 spiro atoms. The van der Waals surface area contributed by atoms with Gasteiger partial charge in [0, 0.05) is 36.7 Å². The van der Waals surface area contributed by atoms with Crippen LogP contribution in [0.2, 0.25) is 0 Å². The quantitative estimate of drug-likeness (QED) is 0.601. The Labute approximate surface area is 197 Å². The molecule has 4 aliphatic rings. The summed E-state index contributed by atoms with van der Waals surface area (Å²) in [5.74, 6) is 0.238. The second-order valence-electron chi connectivity index (χ2n) is 10.7. The van der Waals surface area contributed by atoms with Crippen molar-refractivity contribution in [3.05, 3.63) is 46.5 Å². The molecule has 3 aromatic heterocycles. The highest BCUT2D eigenvalue weighted by molar-refractivity contribution is 6.07. The number of fused-ring (bicyclic) bond motifs is 2. The molecule has 9 heteroatoms. The predicted octanol–water partition coefficient (Wildman–Crippen LogP) is 3.49. The first kappa shape index (κ1) is 21.3. The van der Waals surface area contributed by atoms with E-state index < -0.39 is 5.91 Å². The molecule has 9 nitrogen and oxygen atoms in total. The lowest BCUT2D eigenvalue weighted by atomic mass is 9.69. The van der Waals surface area contributed by atoms with Crippen molar-refractivity contribution in [1.82, 2.24) is 19.3 Å². The molecule has 4 fully saturated rings. The number of nitrogens with one attached hydrogen (secondary N) is 1. The lowest BCUT2D eigenvalue weighted by Gasteiger charge is -2.42. The Hall–Kier alpha value is -3.20. The molecule has 178 valence electrons. The number of hydrogen-bond acceptors (Lipinski definition) is 6. The van der Waals surface area contributed by atoms with Crippen molar-refractivity contribution < 1.29 is 14.3 Å². The van der Waals surface area contributed by atoms with Crippen LogP contribution in [-0.2, 0) is 10.3 Å². The van der Waals surface area contributed by atoms with E-state index in [2.05, 4.69) is 24.1 Å². The highest BCUT2D eigenvalue weighted by atomic mass is 16.5. The van der Waals surface area contributed by atoms with Crippen molar-refractivity contribution in [1.29, 1.82) is 0 Å². The van der Waals surface area contributed by atoms with Crippen molar-refractivity contribution in [2.45, 2.75) is 70.2 Å². The maximum atomic E-state index is 13.3. The van der Waals surface area contributed by atoms with Gasteiger partial charge in [-0.3, -0.25) is 14.3 Å². The number of hydrogen-bond donors (Lipinski definition) is 1. The smallest absolute Gasteiger partial charge is 0.274 e. The summed E-state index contributed by atoms with van der Waals surface area (Å²) in [6.45, 7) is 8.62. The minimum Gasteiger partial charge on any atom is -0.474 e. The van der Waals surface area contributed by atoms with Gasteiger partial charge in [0.05, 0.1) is 23.9 Å². The van der Waals surface area contributed by atoms with E-state index in [4.69, 9.17) is 14.6 Å². The van der Waals surface area contributed by atoms with E-state index in [0.717, 1.165) is 24.6 Å². The average Bonchev–Trinajstić information content (AvgIpc) is 3.08. The van der Waals surface area contributed by atoms with E-state index in [1.807, 2.05) is 24.7 Å². The molecule has 2 saturated carbocycles. The molecule has 2 aliphatic carbocycles. The van der Waals surface area contributed by atoms with Crippen molar-refractivity contribution in [3.63, 3.8) is 0 Å². The summed E-state index contributed by atoms with van der Waals surface area (Å²) in [4.78, 5) is 30.8. The molecule has 34 heavy (non-hydrogen) atoms. The second kappa shape index (κ2) is 7.15. The molecule has 2 bridgehead atoms. The Morgan fingerprint density at radius 1 is 1.35 bits per heavy atom. The number of carbonyl (C=O) groups is 1. The van der Waals surface area contributed by atoms with E-state index in [9.17, 15) is 9.59 Å². The number of carbonyl (C=O) groups excluding carboxylic acids is 1. The standard InChI is InChI=1S/C25H29N5O4/c1-14(2)34-22-17(21(31)26-18-6-5-7-29(23(18)32)19-8-15(19)3)9-16-10-30(28-20(16)27-22)25-11-24(4,12-25)33-13-25/h5-7,9-10,14-15,19H,8,11-13H2,1-4H3,(H,26,31)/t15-,19+,24?,25?/m1/s1. The minimum atomic E-state index is -0.435. The zero-order valence-corrected chi connectivity index (χ0v) is 19.9. The van der Waals surface area contributed by atoms with Gasteiger partial charge in [0.15, 0.2) is 5.65 Å². The molecule has 3 aromatic rings. The molecule has 1 N–H and O–H groups in total. The number of amides is 1. The van der Waals surface area contributed by atoms with Crippen molar-refractivity contribution in [2.75, 3.05) is 11.9 Å². The van der Waals surface area contributed by atoms with Crippen LogP contribution in [0, 0.1) is 5.92 Å². The first-order valence-corrected chi connectivity index (χ1v) is 11.9. The van der Waals surface area contributed by atoms with Crippen LogP contribution in [0.3, 0.4) is 0 Å². The van der Waals surface area contributed by atoms with Gasteiger partial charge < -0.3 is 19.4 Å². The van der Waals surface area contributed by atoms with E-state index >= 15 is 0 Å². The molecule has 1 amide bonds.